The third-order valence-electron chi connectivity index (χ3n) is 2.79. The van der Waals surface area contributed by atoms with Gasteiger partial charge in [0.15, 0.2) is 0 Å². The Labute approximate surface area is 97.9 Å². The fraction of sp³-hybridized carbons (Fsp3) is 0.0769. The lowest BCUT2D eigenvalue weighted by Crippen LogP contribution is -1.81. The second kappa shape index (κ2) is 3.59. The minimum atomic E-state index is 0.280. The second-order valence-electron chi connectivity index (χ2n) is 4.06. The number of aromatic nitrogens is 3. The number of aromatic hydroxyl groups is 1. The van der Waals surface area contributed by atoms with Crippen molar-refractivity contribution in [3.63, 3.8) is 0 Å². The molecule has 0 amide bonds. The average molecular weight is 225 g/mol. The van der Waals surface area contributed by atoms with Crippen LogP contribution in [0.3, 0.4) is 0 Å². The van der Waals surface area contributed by atoms with Gasteiger partial charge in [0.2, 0.25) is 0 Å². The molecular formula is C13H11N3O. The molecule has 4 heteroatoms. The monoisotopic (exact) mass is 225 g/mol. The fourth-order valence-electron chi connectivity index (χ4n) is 1.89. The molecule has 17 heavy (non-hydrogen) atoms. The van der Waals surface area contributed by atoms with Gasteiger partial charge in [-0.15, -0.1) is 5.10 Å². The van der Waals surface area contributed by atoms with Crippen molar-refractivity contribution in [3.8, 4) is 16.9 Å². The number of phenolic OH excluding ortho intramolecular Hbond substituents is 1. The van der Waals surface area contributed by atoms with E-state index in [9.17, 15) is 5.11 Å². The Balaban J connectivity index is 2.22. The van der Waals surface area contributed by atoms with E-state index >= 15 is 0 Å². The Morgan fingerprint density at radius 1 is 1.12 bits per heavy atom. The minimum Gasteiger partial charge on any atom is -0.507 e. The van der Waals surface area contributed by atoms with Gasteiger partial charge in [-0.2, -0.15) is 0 Å². The molecule has 2 aromatic carbocycles. The van der Waals surface area contributed by atoms with E-state index in [4.69, 9.17) is 0 Å². The molecule has 0 saturated heterocycles. The van der Waals surface area contributed by atoms with Gasteiger partial charge >= 0.3 is 0 Å². The van der Waals surface area contributed by atoms with Gasteiger partial charge in [0.1, 0.15) is 11.3 Å². The number of aromatic amines is 1. The summed E-state index contributed by atoms with van der Waals surface area (Å²) in [5.74, 6) is 0.280. The normalized spacial score (nSPS) is 10.9. The molecule has 3 rings (SSSR count). The zero-order chi connectivity index (χ0) is 11.8. The highest BCUT2D eigenvalue weighted by atomic mass is 16.3. The number of nitrogens with one attached hydrogen (secondary N) is 1. The lowest BCUT2D eigenvalue weighted by molar-refractivity contribution is 0.477. The van der Waals surface area contributed by atoms with Crippen molar-refractivity contribution in [1.29, 1.82) is 0 Å². The van der Waals surface area contributed by atoms with Crippen molar-refractivity contribution in [2.75, 3.05) is 0 Å². The molecular weight excluding hydrogens is 214 g/mol. The summed E-state index contributed by atoms with van der Waals surface area (Å²) in [6.45, 7) is 2.00. The molecule has 0 saturated carbocycles. The third kappa shape index (κ3) is 1.63. The molecule has 1 heterocycles. The lowest BCUT2D eigenvalue weighted by atomic mass is 10.0. The minimum absolute atomic E-state index is 0.280. The Morgan fingerprint density at radius 2 is 2.00 bits per heavy atom. The summed E-state index contributed by atoms with van der Waals surface area (Å²) in [4.78, 5) is 0. The molecule has 0 bridgehead atoms. The van der Waals surface area contributed by atoms with Crippen molar-refractivity contribution in [2.45, 2.75) is 6.92 Å². The topological polar surface area (TPSA) is 61.8 Å². The Hall–Kier alpha value is -2.36. The van der Waals surface area contributed by atoms with Crippen molar-refractivity contribution >= 4 is 11.0 Å². The quantitative estimate of drug-likeness (QED) is 0.669. The smallest absolute Gasteiger partial charge is 0.123 e. The molecule has 0 radical (unpaired) electrons. The van der Waals surface area contributed by atoms with E-state index in [-0.39, 0.29) is 5.75 Å². The number of hydrogen-bond acceptors (Lipinski definition) is 3. The van der Waals surface area contributed by atoms with Crippen LogP contribution >= 0.6 is 0 Å². The summed E-state index contributed by atoms with van der Waals surface area (Å²) in [6, 6.07) is 11.3. The van der Waals surface area contributed by atoms with Gasteiger partial charge in [0.25, 0.3) is 0 Å². The van der Waals surface area contributed by atoms with Crippen molar-refractivity contribution in [1.82, 2.24) is 15.4 Å². The molecule has 0 aliphatic carbocycles. The largest absolute Gasteiger partial charge is 0.507 e. The first-order valence-corrected chi connectivity index (χ1v) is 5.35. The first kappa shape index (κ1) is 9.84. The van der Waals surface area contributed by atoms with Crippen molar-refractivity contribution < 1.29 is 5.11 Å². The van der Waals surface area contributed by atoms with E-state index in [1.165, 1.54) is 0 Å². The zero-order valence-electron chi connectivity index (χ0n) is 9.31. The SMILES string of the molecule is Cc1ccc(O)c(-c2ccc3nn[nH]c3c2)c1. The molecule has 1 aromatic heterocycles. The van der Waals surface area contributed by atoms with Crippen molar-refractivity contribution in [3.05, 3.63) is 42.0 Å². The molecule has 0 spiro atoms. The number of phenols is 1. The van der Waals surface area contributed by atoms with E-state index in [1.54, 1.807) is 6.07 Å². The molecule has 0 atom stereocenters. The number of H-pyrrole nitrogens is 1. The van der Waals surface area contributed by atoms with E-state index in [2.05, 4.69) is 15.4 Å². The van der Waals surface area contributed by atoms with Gasteiger partial charge in [-0.1, -0.05) is 22.9 Å². The van der Waals surface area contributed by atoms with Gasteiger partial charge in [0, 0.05) is 5.56 Å². The number of aryl methyl sites for hydroxylation is 1. The summed E-state index contributed by atoms with van der Waals surface area (Å²) < 4.78 is 0. The summed E-state index contributed by atoms with van der Waals surface area (Å²) in [5, 5.41) is 20.4. The van der Waals surface area contributed by atoms with Crippen LogP contribution in [0, 0.1) is 6.92 Å². The van der Waals surface area contributed by atoms with Gasteiger partial charge in [-0.05, 0) is 36.8 Å². The Bertz CT molecular complexity index is 688. The first-order chi connectivity index (χ1) is 8.24. The van der Waals surface area contributed by atoms with Crippen LogP contribution in [0.4, 0.5) is 0 Å². The van der Waals surface area contributed by atoms with Crippen LogP contribution in [0.1, 0.15) is 5.56 Å². The molecule has 2 N–H and O–H groups in total. The zero-order valence-corrected chi connectivity index (χ0v) is 9.31. The number of fused-ring (bicyclic) bond motifs is 1. The van der Waals surface area contributed by atoms with E-state index in [1.807, 2.05) is 37.3 Å². The molecule has 0 aliphatic heterocycles. The van der Waals surface area contributed by atoms with Crippen LogP contribution in [0.15, 0.2) is 36.4 Å². The lowest BCUT2D eigenvalue weighted by Gasteiger charge is -2.05. The van der Waals surface area contributed by atoms with Crippen LogP contribution in [0.25, 0.3) is 22.2 Å². The first-order valence-electron chi connectivity index (χ1n) is 5.35. The maximum atomic E-state index is 9.87. The summed E-state index contributed by atoms with van der Waals surface area (Å²) in [7, 11) is 0. The van der Waals surface area contributed by atoms with Gasteiger partial charge < -0.3 is 5.11 Å². The summed E-state index contributed by atoms with van der Waals surface area (Å²) >= 11 is 0. The molecule has 3 aromatic rings. The number of benzene rings is 2. The van der Waals surface area contributed by atoms with E-state index in [0.717, 1.165) is 27.7 Å². The molecule has 0 unspecified atom stereocenters. The van der Waals surface area contributed by atoms with Crippen LogP contribution in [-0.4, -0.2) is 20.5 Å². The Morgan fingerprint density at radius 3 is 2.88 bits per heavy atom. The fourth-order valence-corrected chi connectivity index (χ4v) is 1.89. The Kier molecular flexibility index (Phi) is 2.08. The van der Waals surface area contributed by atoms with Gasteiger partial charge in [-0.25, -0.2) is 0 Å². The third-order valence-corrected chi connectivity index (χ3v) is 2.79. The number of hydrogen-bond donors (Lipinski definition) is 2. The van der Waals surface area contributed by atoms with Crippen LogP contribution in [0.5, 0.6) is 5.75 Å². The van der Waals surface area contributed by atoms with Crippen molar-refractivity contribution in [2.24, 2.45) is 0 Å². The second-order valence-corrected chi connectivity index (χ2v) is 4.06. The summed E-state index contributed by atoms with van der Waals surface area (Å²) in [5.41, 5.74) is 4.57. The standard InChI is InChI=1S/C13H11N3O/c1-8-2-5-13(17)10(6-8)9-3-4-11-12(7-9)15-16-14-11/h2-7,17H,1H3,(H,14,15,16). The molecule has 0 aliphatic rings. The average Bonchev–Trinajstić information content (AvgIpc) is 2.79. The summed E-state index contributed by atoms with van der Waals surface area (Å²) in [6.07, 6.45) is 0. The van der Waals surface area contributed by atoms with Gasteiger partial charge in [0.05, 0.1) is 5.52 Å². The highest BCUT2D eigenvalue weighted by Crippen LogP contribution is 2.31. The van der Waals surface area contributed by atoms with Crippen LogP contribution in [-0.2, 0) is 0 Å². The van der Waals surface area contributed by atoms with E-state index in [0.29, 0.717) is 0 Å². The molecule has 4 nitrogen and oxygen atoms in total. The van der Waals surface area contributed by atoms with Crippen LogP contribution < -0.4 is 0 Å². The highest BCUT2D eigenvalue weighted by molar-refractivity contribution is 5.82. The molecule has 84 valence electrons. The van der Waals surface area contributed by atoms with Crippen LogP contribution in [0.2, 0.25) is 0 Å². The van der Waals surface area contributed by atoms with Gasteiger partial charge in [-0.3, -0.25) is 5.10 Å². The maximum absolute atomic E-state index is 9.87. The predicted molar refractivity (Wildman–Crippen MR) is 65.7 cm³/mol. The number of nitrogens with zero attached hydrogens (tertiary/aromatic N) is 2. The van der Waals surface area contributed by atoms with E-state index < -0.39 is 0 Å². The highest BCUT2D eigenvalue weighted by Gasteiger charge is 2.06. The predicted octanol–water partition coefficient (Wildman–Crippen LogP) is 2.64. The molecule has 0 fully saturated rings. The number of rotatable bonds is 1. The maximum Gasteiger partial charge on any atom is 0.123 e.